The summed E-state index contributed by atoms with van der Waals surface area (Å²) in [5, 5.41) is 0. The first-order chi connectivity index (χ1) is 8.40. The Hall–Kier alpha value is -1.22. The van der Waals surface area contributed by atoms with E-state index in [4.69, 9.17) is 5.73 Å². The quantitative estimate of drug-likeness (QED) is 0.787. The SMILES string of the molecule is Cc1ccc(N)c(N(CCN(C)C)CC(C)C)c1. The highest BCUT2D eigenvalue weighted by Crippen LogP contribution is 2.25. The number of nitrogens with zero attached hydrogens (tertiary/aromatic N) is 2. The highest BCUT2D eigenvalue weighted by atomic mass is 15.2. The van der Waals surface area contributed by atoms with Gasteiger partial charge in [0.15, 0.2) is 0 Å². The Morgan fingerprint density at radius 3 is 2.39 bits per heavy atom. The van der Waals surface area contributed by atoms with E-state index in [1.165, 1.54) is 11.3 Å². The smallest absolute Gasteiger partial charge is 0.0603 e. The third-order valence-electron chi connectivity index (χ3n) is 2.93. The van der Waals surface area contributed by atoms with Crippen LogP contribution < -0.4 is 10.6 Å². The van der Waals surface area contributed by atoms with Crippen molar-refractivity contribution in [2.45, 2.75) is 20.8 Å². The summed E-state index contributed by atoms with van der Waals surface area (Å²) in [6, 6.07) is 6.26. The van der Waals surface area contributed by atoms with Gasteiger partial charge in [-0.15, -0.1) is 0 Å². The monoisotopic (exact) mass is 249 g/mol. The fourth-order valence-electron chi connectivity index (χ4n) is 2.00. The first-order valence-electron chi connectivity index (χ1n) is 6.66. The van der Waals surface area contributed by atoms with E-state index >= 15 is 0 Å². The second-order valence-electron chi connectivity index (χ2n) is 5.71. The molecule has 0 aliphatic carbocycles. The summed E-state index contributed by atoms with van der Waals surface area (Å²) in [6.45, 7) is 9.70. The molecule has 18 heavy (non-hydrogen) atoms. The van der Waals surface area contributed by atoms with E-state index in [-0.39, 0.29) is 0 Å². The lowest BCUT2D eigenvalue weighted by atomic mass is 10.1. The molecule has 1 aromatic rings. The summed E-state index contributed by atoms with van der Waals surface area (Å²) in [5.41, 5.74) is 9.43. The minimum absolute atomic E-state index is 0.632. The minimum Gasteiger partial charge on any atom is -0.397 e. The summed E-state index contributed by atoms with van der Waals surface area (Å²) in [4.78, 5) is 4.60. The lowest BCUT2D eigenvalue weighted by Gasteiger charge is -2.29. The number of aryl methyl sites for hydroxylation is 1. The van der Waals surface area contributed by atoms with E-state index in [9.17, 15) is 0 Å². The molecule has 2 N–H and O–H groups in total. The Bertz CT molecular complexity index is 372. The zero-order valence-corrected chi connectivity index (χ0v) is 12.4. The molecule has 0 heterocycles. The largest absolute Gasteiger partial charge is 0.397 e. The standard InChI is InChI=1S/C15H27N3/c1-12(2)11-18(9-8-17(4)5)15-10-13(3)6-7-14(15)16/h6-7,10,12H,8-9,11,16H2,1-5H3. The van der Waals surface area contributed by atoms with Crippen molar-refractivity contribution in [3.63, 3.8) is 0 Å². The molecule has 0 atom stereocenters. The van der Waals surface area contributed by atoms with Gasteiger partial charge in [-0.2, -0.15) is 0 Å². The van der Waals surface area contributed by atoms with Crippen LogP contribution in [0.4, 0.5) is 11.4 Å². The Kier molecular flexibility index (Phi) is 5.48. The van der Waals surface area contributed by atoms with Crippen LogP contribution >= 0.6 is 0 Å². The molecule has 1 rings (SSSR count). The number of benzene rings is 1. The van der Waals surface area contributed by atoms with Crippen LogP contribution in [0.1, 0.15) is 19.4 Å². The second kappa shape index (κ2) is 6.64. The Morgan fingerprint density at radius 2 is 1.83 bits per heavy atom. The predicted octanol–water partition coefficient (Wildman–Crippen LogP) is 2.60. The van der Waals surface area contributed by atoms with E-state index in [0.29, 0.717) is 5.92 Å². The predicted molar refractivity (Wildman–Crippen MR) is 81.2 cm³/mol. The average Bonchev–Trinajstić information content (AvgIpc) is 2.27. The Labute approximate surface area is 112 Å². The summed E-state index contributed by atoms with van der Waals surface area (Å²) < 4.78 is 0. The van der Waals surface area contributed by atoms with Crippen LogP contribution in [0.3, 0.4) is 0 Å². The van der Waals surface area contributed by atoms with Crippen molar-refractivity contribution in [1.82, 2.24) is 4.90 Å². The van der Waals surface area contributed by atoms with Gasteiger partial charge >= 0.3 is 0 Å². The van der Waals surface area contributed by atoms with E-state index in [1.54, 1.807) is 0 Å². The molecule has 0 amide bonds. The normalized spacial score (nSPS) is 11.3. The molecule has 0 radical (unpaired) electrons. The fraction of sp³-hybridized carbons (Fsp3) is 0.600. The summed E-state index contributed by atoms with van der Waals surface area (Å²) in [5.74, 6) is 0.632. The van der Waals surface area contributed by atoms with Crippen molar-refractivity contribution in [3.05, 3.63) is 23.8 Å². The van der Waals surface area contributed by atoms with Gasteiger partial charge in [-0.05, 0) is 44.6 Å². The molecule has 102 valence electrons. The fourth-order valence-corrected chi connectivity index (χ4v) is 2.00. The Balaban J connectivity index is 2.89. The molecule has 0 saturated heterocycles. The van der Waals surface area contributed by atoms with Gasteiger partial charge in [-0.3, -0.25) is 0 Å². The Morgan fingerprint density at radius 1 is 1.17 bits per heavy atom. The van der Waals surface area contributed by atoms with Gasteiger partial charge in [-0.1, -0.05) is 19.9 Å². The third kappa shape index (κ3) is 4.57. The number of likely N-dealkylation sites (N-methyl/N-ethyl adjacent to an activating group) is 1. The molecule has 3 nitrogen and oxygen atoms in total. The van der Waals surface area contributed by atoms with E-state index in [1.807, 2.05) is 6.07 Å². The highest BCUT2D eigenvalue weighted by Gasteiger charge is 2.12. The molecule has 0 aliphatic heterocycles. The number of nitrogen functional groups attached to an aromatic ring is 1. The van der Waals surface area contributed by atoms with Gasteiger partial charge in [0.2, 0.25) is 0 Å². The number of anilines is 2. The molecular weight excluding hydrogens is 222 g/mol. The molecule has 0 fully saturated rings. The maximum atomic E-state index is 6.12. The highest BCUT2D eigenvalue weighted by molar-refractivity contribution is 5.68. The van der Waals surface area contributed by atoms with Crippen molar-refractivity contribution < 1.29 is 0 Å². The summed E-state index contributed by atoms with van der Waals surface area (Å²) in [7, 11) is 4.21. The van der Waals surface area contributed by atoms with Crippen molar-refractivity contribution in [1.29, 1.82) is 0 Å². The van der Waals surface area contributed by atoms with Crippen molar-refractivity contribution in [2.24, 2.45) is 5.92 Å². The molecular formula is C15H27N3. The number of rotatable bonds is 6. The molecule has 1 aromatic carbocycles. The molecule has 0 unspecified atom stereocenters. The molecule has 0 saturated carbocycles. The number of nitrogens with two attached hydrogens (primary N) is 1. The van der Waals surface area contributed by atoms with Crippen molar-refractivity contribution in [3.8, 4) is 0 Å². The van der Waals surface area contributed by atoms with Crippen LogP contribution in [0.5, 0.6) is 0 Å². The van der Waals surface area contributed by atoms with Crippen LogP contribution in [0.25, 0.3) is 0 Å². The van der Waals surface area contributed by atoms with Gasteiger partial charge in [0.1, 0.15) is 0 Å². The zero-order valence-electron chi connectivity index (χ0n) is 12.4. The van der Waals surface area contributed by atoms with Crippen molar-refractivity contribution >= 4 is 11.4 Å². The molecule has 0 aromatic heterocycles. The average molecular weight is 249 g/mol. The minimum atomic E-state index is 0.632. The lowest BCUT2D eigenvalue weighted by Crippen LogP contribution is -2.34. The van der Waals surface area contributed by atoms with Crippen molar-refractivity contribution in [2.75, 3.05) is 44.4 Å². The van der Waals surface area contributed by atoms with Crippen LogP contribution in [-0.4, -0.2) is 38.6 Å². The van der Waals surface area contributed by atoms with Gasteiger partial charge in [0, 0.05) is 19.6 Å². The van der Waals surface area contributed by atoms with E-state index in [2.05, 4.69) is 56.8 Å². The topological polar surface area (TPSA) is 32.5 Å². The first-order valence-corrected chi connectivity index (χ1v) is 6.66. The third-order valence-corrected chi connectivity index (χ3v) is 2.93. The summed E-state index contributed by atoms with van der Waals surface area (Å²) >= 11 is 0. The maximum Gasteiger partial charge on any atom is 0.0603 e. The van der Waals surface area contributed by atoms with Gasteiger partial charge in [0.25, 0.3) is 0 Å². The molecule has 0 spiro atoms. The van der Waals surface area contributed by atoms with Crippen LogP contribution in [0, 0.1) is 12.8 Å². The van der Waals surface area contributed by atoms with Gasteiger partial charge < -0.3 is 15.5 Å². The lowest BCUT2D eigenvalue weighted by molar-refractivity contribution is 0.409. The summed E-state index contributed by atoms with van der Waals surface area (Å²) in [6.07, 6.45) is 0. The van der Waals surface area contributed by atoms with Crippen LogP contribution in [0.2, 0.25) is 0 Å². The zero-order chi connectivity index (χ0) is 13.7. The van der Waals surface area contributed by atoms with Gasteiger partial charge in [0.05, 0.1) is 11.4 Å². The molecule has 3 heteroatoms. The first kappa shape index (κ1) is 14.8. The second-order valence-corrected chi connectivity index (χ2v) is 5.71. The van der Waals surface area contributed by atoms with Crippen LogP contribution in [-0.2, 0) is 0 Å². The van der Waals surface area contributed by atoms with Crippen LogP contribution in [0.15, 0.2) is 18.2 Å². The molecule has 0 bridgehead atoms. The van der Waals surface area contributed by atoms with E-state index < -0.39 is 0 Å². The molecule has 0 aliphatic rings. The number of hydrogen-bond donors (Lipinski definition) is 1. The maximum absolute atomic E-state index is 6.12. The number of hydrogen-bond acceptors (Lipinski definition) is 3. The van der Waals surface area contributed by atoms with Gasteiger partial charge in [-0.25, -0.2) is 0 Å². The van der Waals surface area contributed by atoms with E-state index in [0.717, 1.165) is 25.3 Å².